The highest BCUT2D eigenvalue weighted by Crippen LogP contribution is 2.22. The van der Waals surface area contributed by atoms with E-state index in [2.05, 4.69) is 34.3 Å². The molecule has 1 aromatic carbocycles. The van der Waals surface area contributed by atoms with E-state index >= 15 is 0 Å². The summed E-state index contributed by atoms with van der Waals surface area (Å²) in [6, 6.07) is 12.2. The minimum Gasteiger partial charge on any atom is -0.368 e. The van der Waals surface area contributed by atoms with E-state index in [0.29, 0.717) is 16.8 Å². The van der Waals surface area contributed by atoms with Crippen molar-refractivity contribution in [1.82, 2.24) is 9.97 Å². The van der Waals surface area contributed by atoms with Crippen molar-refractivity contribution in [2.24, 2.45) is 0 Å². The van der Waals surface area contributed by atoms with Crippen molar-refractivity contribution < 1.29 is 0 Å². The van der Waals surface area contributed by atoms with Gasteiger partial charge in [0.25, 0.3) is 0 Å². The molecule has 0 saturated heterocycles. The number of nitrogens with one attached hydrogen (secondary N) is 1. The van der Waals surface area contributed by atoms with Gasteiger partial charge >= 0.3 is 0 Å². The second kappa shape index (κ2) is 6.76. The zero-order valence-corrected chi connectivity index (χ0v) is 11.4. The third-order valence-electron chi connectivity index (χ3n) is 2.42. The molecule has 1 heterocycles. The lowest BCUT2D eigenvalue weighted by Gasteiger charge is -2.12. The van der Waals surface area contributed by atoms with Crippen LogP contribution >= 0.6 is 11.8 Å². The zero-order chi connectivity index (χ0) is 13.5. The molecule has 4 nitrogen and oxygen atoms in total. The molecule has 2 aromatic rings. The van der Waals surface area contributed by atoms with Crippen LogP contribution in [-0.4, -0.2) is 21.8 Å². The Labute approximate surface area is 116 Å². The highest BCUT2D eigenvalue weighted by atomic mass is 32.2. The van der Waals surface area contributed by atoms with Gasteiger partial charge in [-0.25, -0.2) is 9.97 Å². The van der Waals surface area contributed by atoms with E-state index < -0.39 is 0 Å². The maximum absolute atomic E-state index is 8.63. The summed E-state index contributed by atoms with van der Waals surface area (Å²) in [6.45, 7) is 2.95. The number of rotatable bonds is 5. The first-order valence-electron chi connectivity index (χ1n) is 5.95. The Morgan fingerprint density at radius 1 is 1.26 bits per heavy atom. The van der Waals surface area contributed by atoms with Gasteiger partial charge in [-0.3, -0.25) is 0 Å². The fraction of sp³-hybridized carbons (Fsp3) is 0.214. The molecule has 0 fully saturated rings. The van der Waals surface area contributed by atoms with Gasteiger partial charge in [0.2, 0.25) is 0 Å². The number of benzene rings is 1. The van der Waals surface area contributed by atoms with Crippen molar-refractivity contribution in [3.63, 3.8) is 0 Å². The zero-order valence-electron chi connectivity index (χ0n) is 10.6. The Bertz CT molecular complexity index is 548. The van der Waals surface area contributed by atoms with Gasteiger partial charge in [-0.15, -0.1) is 11.8 Å². The summed E-state index contributed by atoms with van der Waals surface area (Å²) >= 11 is 1.81. The second-order valence-electron chi connectivity index (χ2n) is 4.02. The van der Waals surface area contributed by atoms with Crippen LogP contribution in [0.15, 0.2) is 47.6 Å². The molecular weight excluding hydrogens is 256 g/mol. The van der Waals surface area contributed by atoms with Crippen molar-refractivity contribution in [2.45, 2.75) is 17.1 Å². The van der Waals surface area contributed by atoms with Gasteiger partial charge in [0.05, 0.1) is 12.4 Å². The molecule has 0 spiro atoms. The van der Waals surface area contributed by atoms with E-state index in [4.69, 9.17) is 5.26 Å². The molecule has 0 aliphatic carbocycles. The van der Waals surface area contributed by atoms with Crippen LogP contribution in [0.1, 0.15) is 12.6 Å². The standard InChI is InChI=1S/C14H14N4S/c1-11(19-13-5-3-2-4-6-13)8-17-14-10-16-12(7-15)9-18-14/h2-6,9-11H,8H2,1H3,(H,17,18). The van der Waals surface area contributed by atoms with Gasteiger partial charge in [-0.05, 0) is 12.1 Å². The average molecular weight is 270 g/mol. The van der Waals surface area contributed by atoms with E-state index in [0.717, 1.165) is 6.54 Å². The third-order valence-corrected chi connectivity index (χ3v) is 3.53. The van der Waals surface area contributed by atoms with Gasteiger partial charge in [0.15, 0.2) is 5.69 Å². The van der Waals surface area contributed by atoms with E-state index in [1.165, 1.54) is 11.1 Å². The predicted octanol–water partition coefficient (Wildman–Crippen LogP) is 2.94. The average Bonchev–Trinajstić information content (AvgIpc) is 2.47. The van der Waals surface area contributed by atoms with Gasteiger partial charge in [0.1, 0.15) is 11.9 Å². The molecule has 0 aliphatic rings. The molecule has 0 bridgehead atoms. The van der Waals surface area contributed by atoms with Crippen molar-refractivity contribution in [3.05, 3.63) is 48.4 Å². The summed E-state index contributed by atoms with van der Waals surface area (Å²) in [5.74, 6) is 0.694. The van der Waals surface area contributed by atoms with Crippen molar-refractivity contribution in [2.75, 3.05) is 11.9 Å². The Hall–Kier alpha value is -2.06. The first kappa shape index (κ1) is 13.4. The fourth-order valence-corrected chi connectivity index (χ4v) is 2.44. The fourth-order valence-electron chi connectivity index (χ4n) is 1.50. The Morgan fingerprint density at radius 2 is 2.05 bits per heavy atom. The highest BCUT2D eigenvalue weighted by molar-refractivity contribution is 8.00. The first-order chi connectivity index (χ1) is 9.28. The number of anilines is 1. The molecular formula is C14H14N4S. The molecule has 5 heteroatoms. The summed E-state index contributed by atoms with van der Waals surface area (Å²) in [6.07, 6.45) is 3.05. The summed E-state index contributed by atoms with van der Waals surface area (Å²) < 4.78 is 0. The minimum atomic E-state index is 0.331. The van der Waals surface area contributed by atoms with Crippen LogP contribution in [0.4, 0.5) is 5.82 Å². The van der Waals surface area contributed by atoms with E-state index in [1.807, 2.05) is 36.0 Å². The van der Waals surface area contributed by atoms with Crippen LogP contribution < -0.4 is 5.32 Å². The lowest BCUT2D eigenvalue weighted by atomic mass is 10.4. The van der Waals surface area contributed by atoms with Gasteiger partial charge in [0, 0.05) is 16.7 Å². The molecule has 0 radical (unpaired) electrons. The van der Waals surface area contributed by atoms with E-state index in [1.54, 1.807) is 6.20 Å². The number of aromatic nitrogens is 2. The van der Waals surface area contributed by atoms with Crippen molar-refractivity contribution >= 4 is 17.6 Å². The Balaban J connectivity index is 1.83. The third kappa shape index (κ3) is 4.27. The van der Waals surface area contributed by atoms with Gasteiger partial charge in [-0.1, -0.05) is 25.1 Å². The lowest BCUT2D eigenvalue weighted by molar-refractivity contribution is 0.980. The minimum absolute atomic E-state index is 0.331. The molecule has 96 valence electrons. The predicted molar refractivity (Wildman–Crippen MR) is 77.0 cm³/mol. The maximum atomic E-state index is 8.63. The normalized spacial score (nSPS) is 11.6. The van der Waals surface area contributed by atoms with Crippen LogP contribution in [0.5, 0.6) is 0 Å². The molecule has 19 heavy (non-hydrogen) atoms. The summed E-state index contributed by atoms with van der Waals surface area (Å²) in [7, 11) is 0. The van der Waals surface area contributed by atoms with Crippen LogP contribution in [0, 0.1) is 11.3 Å². The molecule has 0 amide bonds. The summed E-state index contributed by atoms with van der Waals surface area (Å²) in [4.78, 5) is 9.34. The SMILES string of the molecule is CC(CNc1cnc(C#N)cn1)Sc1ccccc1. The van der Waals surface area contributed by atoms with Crippen LogP contribution in [0.3, 0.4) is 0 Å². The largest absolute Gasteiger partial charge is 0.368 e. The molecule has 0 aliphatic heterocycles. The summed E-state index contributed by atoms with van der Waals surface area (Å²) in [5, 5.41) is 12.3. The van der Waals surface area contributed by atoms with Gasteiger partial charge in [-0.2, -0.15) is 5.26 Å². The second-order valence-corrected chi connectivity index (χ2v) is 5.53. The Morgan fingerprint density at radius 3 is 2.68 bits per heavy atom. The maximum Gasteiger partial charge on any atom is 0.158 e. The highest BCUT2D eigenvalue weighted by Gasteiger charge is 2.04. The molecule has 0 saturated carbocycles. The Kier molecular flexibility index (Phi) is 4.76. The van der Waals surface area contributed by atoms with Crippen LogP contribution in [0.2, 0.25) is 0 Å². The monoisotopic (exact) mass is 270 g/mol. The topological polar surface area (TPSA) is 61.6 Å². The number of thioether (sulfide) groups is 1. The molecule has 1 N–H and O–H groups in total. The van der Waals surface area contributed by atoms with Gasteiger partial charge < -0.3 is 5.32 Å². The smallest absolute Gasteiger partial charge is 0.158 e. The lowest BCUT2D eigenvalue weighted by Crippen LogP contribution is -2.14. The van der Waals surface area contributed by atoms with Crippen LogP contribution in [-0.2, 0) is 0 Å². The molecule has 1 aromatic heterocycles. The van der Waals surface area contributed by atoms with Crippen LogP contribution in [0.25, 0.3) is 0 Å². The number of nitrogens with zero attached hydrogens (tertiary/aromatic N) is 3. The molecule has 1 atom stereocenters. The van der Waals surface area contributed by atoms with E-state index in [9.17, 15) is 0 Å². The number of nitriles is 1. The molecule has 1 unspecified atom stereocenters. The molecule has 2 rings (SSSR count). The van der Waals surface area contributed by atoms with Crippen molar-refractivity contribution in [1.29, 1.82) is 5.26 Å². The first-order valence-corrected chi connectivity index (χ1v) is 6.83. The summed E-state index contributed by atoms with van der Waals surface area (Å²) in [5.41, 5.74) is 0.331. The number of hydrogen-bond donors (Lipinski definition) is 1. The quantitative estimate of drug-likeness (QED) is 0.846. The van der Waals surface area contributed by atoms with E-state index in [-0.39, 0.29) is 0 Å². The number of hydrogen-bond acceptors (Lipinski definition) is 5. The van der Waals surface area contributed by atoms with Crippen molar-refractivity contribution in [3.8, 4) is 6.07 Å².